The Balaban J connectivity index is 2.01. The van der Waals surface area contributed by atoms with E-state index in [2.05, 4.69) is 50.7 Å². The number of rotatable bonds is 4. The Kier molecular flexibility index (Phi) is 5.24. The molecule has 23 heavy (non-hydrogen) atoms. The highest BCUT2D eigenvalue weighted by Gasteiger charge is 2.12. The van der Waals surface area contributed by atoms with Crippen molar-refractivity contribution in [3.05, 3.63) is 53.7 Å². The Bertz CT molecular complexity index is 881. The second-order valence-corrected chi connectivity index (χ2v) is 8.09. The monoisotopic (exact) mass is 455 g/mol. The van der Waals surface area contributed by atoms with Gasteiger partial charge in [0.05, 0.1) is 23.1 Å². The Labute approximate surface area is 153 Å². The summed E-state index contributed by atoms with van der Waals surface area (Å²) in [5.74, 6) is -0.0659. The molecule has 3 rings (SSSR count). The van der Waals surface area contributed by atoms with Gasteiger partial charge in [-0.25, -0.2) is 4.45 Å². The number of carbonyl (C=O) groups excluding carboxylic acids is 1. The summed E-state index contributed by atoms with van der Waals surface area (Å²) in [5.41, 5.74) is 2.88. The third kappa shape index (κ3) is 3.39. The number of aromatic nitrogens is 2. The molecule has 118 valence electrons. The van der Waals surface area contributed by atoms with Gasteiger partial charge in [0.15, 0.2) is 0 Å². The molecule has 0 aliphatic rings. The lowest BCUT2D eigenvalue weighted by atomic mass is 10.2. The molecule has 4 nitrogen and oxygen atoms in total. The van der Waals surface area contributed by atoms with E-state index in [1.165, 1.54) is 5.39 Å². The first-order valence-corrected chi connectivity index (χ1v) is 11.9. The fourth-order valence-corrected chi connectivity index (χ4v) is 4.93. The van der Waals surface area contributed by atoms with E-state index in [0.29, 0.717) is 11.9 Å². The van der Waals surface area contributed by atoms with E-state index >= 15 is 0 Å². The van der Waals surface area contributed by atoms with Crippen LogP contribution in [0.2, 0.25) is 0 Å². The number of fused-ring (bicyclic) bond motifs is 1. The fourth-order valence-electron chi connectivity index (χ4n) is 2.38. The summed E-state index contributed by atoms with van der Waals surface area (Å²) in [6, 6.07) is 14.0. The van der Waals surface area contributed by atoms with E-state index in [-0.39, 0.29) is 5.91 Å². The molecule has 3 aromatic rings. The minimum Gasteiger partial charge on any atom is -0.355 e. The third-order valence-electron chi connectivity index (χ3n) is 3.50. The summed E-state index contributed by atoms with van der Waals surface area (Å²) < 4.78 is 2.03. The van der Waals surface area contributed by atoms with Crippen molar-refractivity contribution in [1.29, 1.82) is 0 Å². The maximum absolute atomic E-state index is 12.0. The molecule has 0 fully saturated rings. The average Bonchev–Trinajstić information content (AvgIpc) is 2.90. The van der Waals surface area contributed by atoms with E-state index in [9.17, 15) is 4.79 Å². The topological polar surface area (TPSA) is 46.9 Å². The summed E-state index contributed by atoms with van der Waals surface area (Å²) in [6.07, 6.45) is 0.565. The first-order valence-electron chi connectivity index (χ1n) is 6.99. The van der Waals surface area contributed by atoms with Gasteiger partial charge in [-0.3, -0.25) is 4.79 Å². The second-order valence-electron chi connectivity index (χ2n) is 4.94. The molecule has 1 aromatic heterocycles. The van der Waals surface area contributed by atoms with Crippen molar-refractivity contribution in [2.45, 2.75) is 16.7 Å². The van der Waals surface area contributed by atoms with Crippen LogP contribution in [0.15, 0.2) is 52.3 Å². The van der Waals surface area contributed by atoms with Gasteiger partial charge >= 0.3 is 0 Å². The molecular weight excluding hydrogens is 440 g/mol. The van der Waals surface area contributed by atoms with Gasteiger partial charge in [-0.15, -0.1) is 0 Å². The highest BCUT2D eigenvalue weighted by atomic mass is 127. The minimum absolute atomic E-state index is 0.0659. The van der Waals surface area contributed by atoms with Crippen molar-refractivity contribution in [1.82, 2.24) is 14.9 Å². The Hall–Kier alpha value is -1.11. The molecule has 0 saturated carbocycles. The minimum atomic E-state index is -0.0659. The van der Waals surface area contributed by atoms with E-state index < -0.39 is 0 Å². The molecule has 0 aliphatic heterocycles. The molecule has 1 heterocycles. The number of nitrogens with zero attached hydrogens (tertiary/aromatic N) is 2. The lowest BCUT2D eigenvalue weighted by Gasteiger charge is -2.08. The van der Waals surface area contributed by atoms with Crippen LogP contribution in [0.1, 0.15) is 16.1 Å². The molecule has 1 atom stereocenters. The van der Waals surface area contributed by atoms with Gasteiger partial charge in [-0.2, -0.15) is 5.10 Å². The number of amides is 1. The number of hydrogen-bond acceptors (Lipinski definition) is 3. The Morgan fingerprint density at radius 3 is 2.83 bits per heavy atom. The predicted octanol–water partition coefficient (Wildman–Crippen LogP) is 4.65. The highest BCUT2D eigenvalue weighted by Crippen LogP contribution is 2.35. The van der Waals surface area contributed by atoms with Gasteiger partial charge < -0.3 is 5.32 Å². The quantitative estimate of drug-likeness (QED) is 0.461. The molecule has 0 spiro atoms. The van der Waals surface area contributed by atoms with Crippen LogP contribution in [-0.4, -0.2) is 22.5 Å². The average molecular weight is 455 g/mol. The third-order valence-corrected chi connectivity index (χ3v) is 6.44. The maximum Gasteiger partial charge on any atom is 0.252 e. The lowest BCUT2D eigenvalue weighted by molar-refractivity contribution is 0.0960. The first-order chi connectivity index (χ1) is 11.1. The van der Waals surface area contributed by atoms with Crippen molar-refractivity contribution in [2.75, 3.05) is 7.05 Å². The van der Waals surface area contributed by atoms with E-state index in [1.807, 2.05) is 35.6 Å². The summed E-state index contributed by atoms with van der Waals surface area (Å²) >= 11 is 3.94. The van der Waals surface area contributed by atoms with Gasteiger partial charge in [-0.05, 0) is 59.3 Å². The summed E-state index contributed by atoms with van der Waals surface area (Å²) in [5, 5.41) is 8.43. The van der Waals surface area contributed by atoms with Gasteiger partial charge in [0.25, 0.3) is 5.91 Å². The van der Waals surface area contributed by atoms with Crippen LogP contribution in [0.5, 0.6) is 0 Å². The first kappa shape index (κ1) is 16.7. The van der Waals surface area contributed by atoms with Crippen LogP contribution in [0.3, 0.4) is 0 Å². The second kappa shape index (κ2) is 7.20. The van der Waals surface area contributed by atoms with Gasteiger partial charge in [0.2, 0.25) is 0 Å². The summed E-state index contributed by atoms with van der Waals surface area (Å²) in [7, 11) is 1.65. The van der Waals surface area contributed by atoms with Gasteiger partial charge in [-0.1, -0.05) is 23.9 Å². The molecule has 7 heteroatoms. The van der Waals surface area contributed by atoms with E-state index in [0.717, 1.165) is 21.0 Å². The Morgan fingerprint density at radius 1 is 1.30 bits per heavy atom. The molecule has 0 radical (unpaired) electrons. The van der Waals surface area contributed by atoms with Gasteiger partial charge in [0, 0.05) is 22.2 Å². The lowest BCUT2D eigenvalue weighted by Crippen LogP contribution is -2.18. The SMILES string of the molecule is CNC(=O)c1ccccc1Sc1ccc2c(C)nn(PI)c2c1. The largest absolute Gasteiger partial charge is 0.355 e. The molecule has 0 saturated heterocycles. The maximum atomic E-state index is 12.0. The van der Waals surface area contributed by atoms with Crippen molar-refractivity contribution in [2.24, 2.45) is 0 Å². The molecule has 1 N–H and O–H groups in total. The summed E-state index contributed by atoms with van der Waals surface area (Å²) in [4.78, 5) is 14.1. The molecule has 0 aliphatic carbocycles. The molecule has 2 aromatic carbocycles. The number of nitrogens with one attached hydrogen (secondary N) is 1. The smallest absolute Gasteiger partial charge is 0.252 e. The highest BCUT2D eigenvalue weighted by molar-refractivity contribution is 14.2. The van der Waals surface area contributed by atoms with Gasteiger partial charge in [0.1, 0.15) is 0 Å². The number of halogens is 1. The fraction of sp³-hybridized carbons (Fsp3) is 0.125. The zero-order chi connectivity index (χ0) is 16.4. The number of aryl methyl sites for hydroxylation is 1. The number of carbonyl (C=O) groups is 1. The van der Waals surface area contributed by atoms with E-state index in [4.69, 9.17) is 0 Å². The van der Waals surface area contributed by atoms with Crippen molar-refractivity contribution < 1.29 is 4.79 Å². The number of hydrogen-bond donors (Lipinski definition) is 1. The van der Waals surface area contributed by atoms with Crippen molar-refractivity contribution in [3.63, 3.8) is 0 Å². The molecular formula is C16H15IN3OPS. The normalized spacial score (nSPS) is 11.4. The van der Waals surface area contributed by atoms with Crippen LogP contribution in [-0.2, 0) is 0 Å². The zero-order valence-electron chi connectivity index (χ0n) is 12.6. The van der Waals surface area contributed by atoms with Crippen LogP contribution in [0.4, 0.5) is 0 Å². The molecule has 0 bridgehead atoms. The van der Waals surface area contributed by atoms with E-state index in [1.54, 1.807) is 18.8 Å². The Morgan fingerprint density at radius 2 is 2.09 bits per heavy atom. The standard InChI is InChI=1S/C16H15IN3OPS/c1-10-12-8-7-11(9-14(12)20(19-10)22-17)23-15-6-4-3-5-13(15)16(21)18-2/h3-9,22H,1-2H3,(H,18,21). The predicted molar refractivity (Wildman–Crippen MR) is 106 cm³/mol. The van der Waals surface area contributed by atoms with Crippen molar-refractivity contribution >= 4 is 57.0 Å². The van der Waals surface area contributed by atoms with Crippen LogP contribution in [0, 0.1) is 6.92 Å². The molecule has 1 unspecified atom stereocenters. The summed E-state index contributed by atoms with van der Waals surface area (Å²) in [6.45, 7) is 2.03. The van der Waals surface area contributed by atoms with Crippen LogP contribution >= 0.6 is 40.2 Å². The zero-order valence-corrected chi connectivity index (χ0v) is 16.6. The number of benzene rings is 2. The van der Waals surface area contributed by atoms with Crippen LogP contribution in [0.25, 0.3) is 10.9 Å². The molecule has 1 amide bonds. The van der Waals surface area contributed by atoms with Crippen LogP contribution < -0.4 is 5.32 Å². The van der Waals surface area contributed by atoms with Crippen molar-refractivity contribution in [3.8, 4) is 0 Å².